The van der Waals surface area contributed by atoms with Gasteiger partial charge in [-0.25, -0.2) is 17.2 Å². The highest BCUT2D eigenvalue weighted by Gasteiger charge is 2.11. The number of halogens is 2. The van der Waals surface area contributed by atoms with Crippen LogP contribution >= 0.6 is 0 Å². The molecule has 3 nitrogen and oxygen atoms in total. The van der Waals surface area contributed by atoms with Crippen molar-refractivity contribution < 1.29 is 17.2 Å². The molecule has 2 aromatic rings. The fourth-order valence-electron chi connectivity index (χ4n) is 1.93. The summed E-state index contributed by atoms with van der Waals surface area (Å²) >= 11 is 0. The Kier molecular flexibility index (Phi) is 4.27. The molecule has 0 aliphatic carbocycles. The smallest absolute Gasteiger partial charge is 0.175 e. The van der Waals surface area contributed by atoms with Gasteiger partial charge in [0, 0.05) is 18.0 Å². The topological polar surface area (TPSA) is 46.2 Å². The molecule has 0 saturated carbocycles. The van der Waals surface area contributed by atoms with E-state index in [-0.39, 0.29) is 10.9 Å². The summed E-state index contributed by atoms with van der Waals surface area (Å²) in [5.74, 6) is -1.81. The van der Waals surface area contributed by atoms with Gasteiger partial charge in [-0.2, -0.15) is 0 Å². The van der Waals surface area contributed by atoms with Gasteiger partial charge in [0.15, 0.2) is 21.5 Å². The first kappa shape index (κ1) is 15.4. The SMILES string of the molecule is CC(Nc1cccc(S(C)(=O)=O)c1)c1ccc(F)c(F)c1. The lowest BCUT2D eigenvalue weighted by atomic mass is 10.1. The van der Waals surface area contributed by atoms with E-state index in [4.69, 9.17) is 0 Å². The van der Waals surface area contributed by atoms with Gasteiger partial charge in [0.1, 0.15) is 0 Å². The fourth-order valence-corrected chi connectivity index (χ4v) is 2.60. The normalized spacial score (nSPS) is 13.0. The molecule has 0 heterocycles. The molecule has 0 aliphatic rings. The Hall–Kier alpha value is -1.95. The highest BCUT2D eigenvalue weighted by atomic mass is 32.2. The number of anilines is 1. The molecule has 0 spiro atoms. The van der Waals surface area contributed by atoms with E-state index >= 15 is 0 Å². The van der Waals surface area contributed by atoms with Crippen molar-refractivity contribution in [1.29, 1.82) is 0 Å². The Labute approximate surface area is 122 Å². The largest absolute Gasteiger partial charge is 0.378 e. The van der Waals surface area contributed by atoms with E-state index in [0.29, 0.717) is 11.3 Å². The summed E-state index contributed by atoms with van der Waals surface area (Å²) in [7, 11) is -3.29. The third kappa shape index (κ3) is 3.78. The minimum atomic E-state index is -3.29. The zero-order chi connectivity index (χ0) is 15.6. The molecule has 2 rings (SSSR count). The summed E-state index contributed by atoms with van der Waals surface area (Å²) in [6.07, 6.45) is 1.13. The van der Waals surface area contributed by atoms with Crippen LogP contribution in [0.3, 0.4) is 0 Å². The number of hydrogen-bond acceptors (Lipinski definition) is 3. The van der Waals surface area contributed by atoms with Crippen LogP contribution < -0.4 is 5.32 Å². The summed E-state index contributed by atoms with van der Waals surface area (Å²) in [6, 6.07) is 9.71. The van der Waals surface area contributed by atoms with E-state index < -0.39 is 21.5 Å². The third-order valence-corrected chi connectivity index (χ3v) is 4.20. The van der Waals surface area contributed by atoms with Crippen LogP contribution in [0.15, 0.2) is 47.4 Å². The standard InChI is InChI=1S/C15H15F2NO2S/c1-10(11-6-7-14(16)15(17)8-11)18-12-4-3-5-13(9-12)21(2,19)20/h3-10,18H,1-2H3. The van der Waals surface area contributed by atoms with Gasteiger partial charge in [0.05, 0.1) is 4.90 Å². The summed E-state index contributed by atoms with van der Waals surface area (Å²) in [4.78, 5) is 0.199. The maximum atomic E-state index is 13.2. The van der Waals surface area contributed by atoms with Crippen molar-refractivity contribution in [1.82, 2.24) is 0 Å². The molecule has 0 aliphatic heterocycles. The highest BCUT2D eigenvalue weighted by Crippen LogP contribution is 2.22. The van der Waals surface area contributed by atoms with Gasteiger partial charge in [-0.15, -0.1) is 0 Å². The van der Waals surface area contributed by atoms with Crippen molar-refractivity contribution in [2.45, 2.75) is 17.9 Å². The fraction of sp³-hybridized carbons (Fsp3) is 0.200. The van der Waals surface area contributed by atoms with E-state index in [0.717, 1.165) is 18.4 Å². The van der Waals surface area contributed by atoms with Crippen molar-refractivity contribution in [3.63, 3.8) is 0 Å². The first-order valence-corrected chi connectivity index (χ1v) is 8.18. The average molecular weight is 311 g/mol. The highest BCUT2D eigenvalue weighted by molar-refractivity contribution is 7.90. The lowest BCUT2D eigenvalue weighted by molar-refractivity contribution is 0.506. The van der Waals surface area contributed by atoms with E-state index in [1.807, 2.05) is 0 Å². The molecule has 21 heavy (non-hydrogen) atoms. The molecule has 0 amide bonds. The molecule has 1 atom stereocenters. The molecule has 6 heteroatoms. The minimum Gasteiger partial charge on any atom is -0.378 e. The van der Waals surface area contributed by atoms with Gasteiger partial charge in [-0.1, -0.05) is 12.1 Å². The van der Waals surface area contributed by atoms with Crippen LogP contribution in [-0.4, -0.2) is 14.7 Å². The average Bonchev–Trinajstić information content (AvgIpc) is 2.41. The minimum absolute atomic E-state index is 0.199. The van der Waals surface area contributed by atoms with Crippen molar-refractivity contribution in [2.75, 3.05) is 11.6 Å². The number of nitrogens with one attached hydrogen (secondary N) is 1. The van der Waals surface area contributed by atoms with E-state index in [9.17, 15) is 17.2 Å². The second kappa shape index (κ2) is 5.81. The third-order valence-electron chi connectivity index (χ3n) is 3.09. The van der Waals surface area contributed by atoms with Gasteiger partial charge < -0.3 is 5.32 Å². The molecular formula is C15H15F2NO2S. The van der Waals surface area contributed by atoms with Crippen LogP contribution in [-0.2, 0) is 9.84 Å². The summed E-state index contributed by atoms with van der Waals surface area (Å²) in [5.41, 5.74) is 1.16. The summed E-state index contributed by atoms with van der Waals surface area (Å²) < 4.78 is 49.1. The number of hydrogen-bond donors (Lipinski definition) is 1. The van der Waals surface area contributed by atoms with Gasteiger partial charge in [0.2, 0.25) is 0 Å². The predicted octanol–water partition coefficient (Wildman–Crippen LogP) is 3.54. The zero-order valence-electron chi connectivity index (χ0n) is 11.6. The van der Waals surface area contributed by atoms with E-state index in [2.05, 4.69) is 5.32 Å². The Morgan fingerprint density at radius 1 is 1.05 bits per heavy atom. The van der Waals surface area contributed by atoms with Crippen molar-refractivity contribution >= 4 is 15.5 Å². The lowest BCUT2D eigenvalue weighted by Gasteiger charge is -2.16. The Morgan fingerprint density at radius 3 is 2.38 bits per heavy atom. The van der Waals surface area contributed by atoms with Gasteiger partial charge in [-0.05, 0) is 42.8 Å². The maximum absolute atomic E-state index is 13.2. The van der Waals surface area contributed by atoms with Gasteiger partial charge in [0.25, 0.3) is 0 Å². The lowest BCUT2D eigenvalue weighted by Crippen LogP contribution is -2.08. The second-order valence-electron chi connectivity index (χ2n) is 4.84. The van der Waals surface area contributed by atoms with E-state index in [1.165, 1.54) is 18.2 Å². The van der Waals surface area contributed by atoms with Crippen LogP contribution in [0.2, 0.25) is 0 Å². The molecule has 1 N–H and O–H groups in total. The molecule has 0 fully saturated rings. The number of benzene rings is 2. The van der Waals surface area contributed by atoms with Crippen LogP contribution in [0.25, 0.3) is 0 Å². The maximum Gasteiger partial charge on any atom is 0.175 e. The zero-order valence-corrected chi connectivity index (χ0v) is 12.4. The molecular weight excluding hydrogens is 296 g/mol. The Bertz CT molecular complexity index is 760. The van der Waals surface area contributed by atoms with Gasteiger partial charge >= 0.3 is 0 Å². The molecule has 0 aromatic heterocycles. The van der Waals surface area contributed by atoms with Crippen LogP contribution in [0.5, 0.6) is 0 Å². The van der Waals surface area contributed by atoms with Crippen LogP contribution in [0.4, 0.5) is 14.5 Å². The van der Waals surface area contributed by atoms with E-state index in [1.54, 1.807) is 19.1 Å². The molecule has 0 saturated heterocycles. The monoisotopic (exact) mass is 311 g/mol. The summed E-state index contributed by atoms with van der Waals surface area (Å²) in [5, 5.41) is 3.06. The van der Waals surface area contributed by atoms with Crippen LogP contribution in [0.1, 0.15) is 18.5 Å². The molecule has 2 aromatic carbocycles. The molecule has 1 unspecified atom stereocenters. The first-order chi connectivity index (χ1) is 9.77. The van der Waals surface area contributed by atoms with Crippen molar-refractivity contribution in [3.05, 3.63) is 59.7 Å². The molecule has 0 bridgehead atoms. The predicted molar refractivity (Wildman–Crippen MR) is 77.9 cm³/mol. The number of sulfone groups is 1. The summed E-state index contributed by atoms with van der Waals surface area (Å²) in [6.45, 7) is 1.78. The second-order valence-corrected chi connectivity index (χ2v) is 6.86. The quantitative estimate of drug-likeness (QED) is 0.939. The molecule has 0 radical (unpaired) electrons. The first-order valence-electron chi connectivity index (χ1n) is 6.29. The van der Waals surface area contributed by atoms with Crippen molar-refractivity contribution in [2.24, 2.45) is 0 Å². The number of rotatable bonds is 4. The van der Waals surface area contributed by atoms with Crippen LogP contribution in [0, 0.1) is 11.6 Å². The molecule has 112 valence electrons. The van der Waals surface area contributed by atoms with Crippen molar-refractivity contribution in [3.8, 4) is 0 Å². The Morgan fingerprint density at radius 2 is 1.76 bits per heavy atom. The van der Waals surface area contributed by atoms with Gasteiger partial charge in [-0.3, -0.25) is 0 Å². The Balaban J connectivity index is 2.23.